The van der Waals surface area contributed by atoms with Crippen LogP contribution in [-0.4, -0.2) is 54.1 Å². The molecule has 1 rings (SSSR count). The molecule has 0 aromatic carbocycles. The molecule has 174 valence electrons. The van der Waals surface area contributed by atoms with Crippen LogP contribution in [0.1, 0.15) is 70.3 Å². The molecule has 31 heavy (non-hydrogen) atoms. The first kappa shape index (κ1) is 26.7. The molecule has 1 N–H and O–H groups in total. The Balaban J connectivity index is 3.57. The van der Waals surface area contributed by atoms with Gasteiger partial charge in [-0.25, -0.2) is 0 Å². The van der Waals surface area contributed by atoms with Crippen molar-refractivity contribution >= 4 is 24.0 Å². The first-order valence-electron chi connectivity index (χ1n) is 11.3. The number of aromatic nitrogens is 1. The molecule has 0 aliphatic heterocycles. The maximum Gasteiger partial charge on any atom is 0.270 e. The van der Waals surface area contributed by atoms with E-state index < -0.39 is 0 Å². The van der Waals surface area contributed by atoms with Gasteiger partial charge < -0.3 is 19.5 Å². The number of hydrogen-bond donors (Lipinski definition) is 1. The number of rotatable bonds is 13. The van der Waals surface area contributed by atoms with Gasteiger partial charge >= 0.3 is 0 Å². The Hall–Kier alpha value is -2.34. The van der Waals surface area contributed by atoms with Crippen molar-refractivity contribution in [2.24, 2.45) is 0 Å². The average Bonchev–Trinajstić information content (AvgIpc) is 3.07. The summed E-state index contributed by atoms with van der Waals surface area (Å²) in [4.78, 5) is 27.4. The molecule has 0 saturated carbocycles. The Morgan fingerprint density at radius 3 is 2.45 bits per heavy atom. The number of unbranched alkanes of at least 4 members (excludes halogenated alkanes) is 1. The van der Waals surface area contributed by atoms with Gasteiger partial charge in [0, 0.05) is 45.8 Å². The smallest absolute Gasteiger partial charge is 0.270 e. The fraction of sp³-hybridized carbons (Fsp3) is 0.600. The van der Waals surface area contributed by atoms with Gasteiger partial charge in [-0.05, 0) is 63.3 Å². The molecule has 1 aromatic rings. The number of nitrogens with one attached hydrogen (secondary N) is 1. The van der Waals surface area contributed by atoms with E-state index in [1.165, 1.54) is 0 Å². The lowest BCUT2D eigenvalue weighted by molar-refractivity contribution is -0.120. The summed E-state index contributed by atoms with van der Waals surface area (Å²) < 4.78 is 7.26. The fourth-order valence-corrected chi connectivity index (χ4v) is 3.87. The summed E-state index contributed by atoms with van der Waals surface area (Å²) in [5.74, 6) is -0.0100. The van der Waals surface area contributed by atoms with Gasteiger partial charge in [-0.2, -0.15) is 0 Å². The summed E-state index contributed by atoms with van der Waals surface area (Å²) in [6, 6.07) is 2.11. The summed E-state index contributed by atoms with van der Waals surface area (Å²) >= 11 is 0. The van der Waals surface area contributed by atoms with Crippen LogP contribution in [0.3, 0.4) is 0 Å². The van der Waals surface area contributed by atoms with Crippen LogP contribution in [0.25, 0.3) is 12.2 Å². The molecule has 0 aliphatic carbocycles. The molecule has 0 unspecified atom stereocenters. The zero-order valence-electron chi connectivity index (χ0n) is 20.3. The standard InChI is InChI=1S/C25H41N3O3/c1-9-20(6)28(18(3)4)25(30)22-17-19(5)24(27(22)15-11-12-16-31-8)21(10-2)13-14-23(29)26-7/h10,17-18,20H,2,5,9,11-16H2,1,3-4,6-8H3,(H,26,29)/b24-21-/t20-/m1/s1. The summed E-state index contributed by atoms with van der Waals surface area (Å²) in [6.07, 6.45) is 5.34. The van der Waals surface area contributed by atoms with Gasteiger partial charge in [-0.3, -0.25) is 9.59 Å². The molecule has 1 atom stereocenters. The van der Waals surface area contributed by atoms with Crippen molar-refractivity contribution in [3.8, 4) is 0 Å². The van der Waals surface area contributed by atoms with Crippen LogP contribution in [0, 0.1) is 0 Å². The van der Waals surface area contributed by atoms with Crippen LogP contribution in [0.15, 0.2) is 18.7 Å². The van der Waals surface area contributed by atoms with E-state index in [0.29, 0.717) is 31.7 Å². The van der Waals surface area contributed by atoms with Crippen molar-refractivity contribution in [2.75, 3.05) is 20.8 Å². The van der Waals surface area contributed by atoms with Gasteiger partial charge in [0.15, 0.2) is 0 Å². The minimum Gasteiger partial charge on any atom is -0.385 e. The SMILES string of the molecule is C=C/C(CCC(=O)NC)=c1\c(=C)cc(C(=O)N(C(C)C)[C@H](C)CC)n1CCCCOC. The van der Waals surface area contributed by atoms with Crippen molar-refractivity contribution in [2.45, 2.75) is 78.4 Å². The molecule has 0 radical (unpaired) electrons. The Labute approximate surface area is 187 Å². The molecule has 1 heterocycles. The van der Waals surface area contributed by atoms with E-state index in [9.17, 15) is 9.59 Å². The van der Waals surface area contributed by atoms with Crippen molar-refractivity contribution in [1.82, 2.24) is 14.8 Å². The topological polar surface area (TPSA) is 63.6 Å². The van der Waals surface area contributed by atoms with Crippen molar-refractivity contribution in [3.05, 3.63) is 35.0 Å². The van der Waals surface area contributed by atoms with Crippen LogP contribution in [0.4, 0.5) is 0 Å². The molecule has 0 bridgehead atoms. The molecule has 0 fully saturated rings. The van der Waals surface area contributed by atoms with Gasteiger partial charge in [0.1, 0.15) is 5.69 Å². The fourth-order valence-electron chi connectivity index (χ4n) is 3.87. The van der Waals surface area contributed by atoms with E-state index in [-0.39, 0.29) is 23.9 Å². The Kier molecular flexibility index (Phi) is 11.3. The monoisotopic (exact) mass is 431 g/mol. The molecule has 0 saturated heterocycles. The number of carbonyl (C=O) groups excluding carboxylic acids is 2. The highest BCUT2D eigenvalue weighted by molar-refractivity contribution is 5.93. The third-order valence-electron chi connectivity index (χ3n) is 5.68. The van der Waals surface area contributed by atoms with Crippen LogP contribution < -0.4 is 15.9 Å². The lowest BCUT2D eigenvalue weighted by Crippen LogP contribution is -2.44. The molecule has 1 aromatic heterocycles. The van der Waals surface area contributed by atoms with Gasteiger partial charge in [-0.15, -0.1) is 0 Å². The highest BCUT2D eigenvalue weighted by Crippen LogP contribution is 2.15. The van der Waals surface area contributed by atoms with E-state index in [1.807, 2.05) is 24.8 Å². The zero-order chi connectivity index (χ0) is 23.6. The van der Waals surface area contributed by atoms with Crippen molar-refractivity contribution in [3.63, 3.8) is 0 Å². The summed E-state index contributed by atoms with van der Waals surface area (Å²) in [6.45, 7) is 17.8. The number of amides is 2. The molecule has 6 nitrogen and oxygen atoms in total. The first-order valence-corrected chi connectivity index (χ1v) is 11.3. The lowest BCUT2D eigenvalue weighted by Gasteiger charge is -2.32. The molecular weight excluding hydrogens is 390 g/mol. The minimum absolute atomic E-state index is 0.0157. The zero-order valence-corrected chi connectivity index (χ0v) is 20.3. The van der Waals surface area contributed by atoms with Gasteiger partial charge in [0.05, 0.1) is 5.35 Å². The third kappa shape index (κ3) is 7.10. The van der Waals surface area contributed by atoms with Crippen LogP contribution in [0.2, 0.25) is 0 Å². The summed E-state index contributed by atoms with van der Waals surface area (Å²) in [5, 5.41) is 4.34. The van der Waals surface area contributed by atoms with E-state index in [2.05, 4.69) is 36.9 Å². The van der Waals surface area contributed by atoms with Crippen LogP contribution in [0.5, 0.6) is 0 Å². The van der Waals surface area contributed by atoms with Crippen molar-refractivity contribution in [1.29, 1.82) is 0 Å². The predicted molar refractivity (Wildman–Crippen MR) is 128 cm³/mol. The number of hydrogen-bond acceptors (Lipinski definition) is 3. The maximum absolute atomic E-state index is 13.6. The Morgan fingerprint density at radius 1 is 1.26 bits per heavy atom. The average molecular weight is 432 g/mol. The molecule has 6 heteroatoms. The summed E-state index contributed by atoms with van der Waals surface area (Å²) in [7, 11) is 3.33. The second-order valence-electron chi connectivity index (χ2n) is 8.22. The summed E-state index contributed by atoms with van der Waals surface area (Å²) in [5.41, 5.74) is 1.57. The third-order valence-corrected chi connectivity index (χ3v) is 5.68. The minimum atomic E-state index is -0.0257. The lowest BCUT2D eigenvalue weighted by atomic mass is 10.1. The number of carbonyl (C=O) groups is 2. The quantitative estimate of drug-likeness (QED) is 0.489. The molecule has 2 amide bonds. The maximum atomic E-state index is 13.6. The first-order chi connectivity index (χ1) is 14.7. The van der Waals surface area contributed by atoms with Crippen LogP contribution in [-0.2, 0) is 16.1 Å². The van der Waals surface area contributed by atoms with E-state index in [4.69, 9.17) is 4.74 Å². The molecule has 0 spiro atoms. The largest absolute Gasteiger partial charge is 0.385 e. The number of methoxy groups -OCH3 is 1. The second kappa shape index (κ2) is 13.2. The number of ether oxygens (including phenoxy) is 1. The Morgan fingerprint density at radius 2 is 1.94 bits per heavy atom. The number of allylic oxidation sites excluding steroid dienone is 1. The molecular formula is C25H41N3O3. The van der Waals surface area contributed by atoms with Gasteiger partial charge in [-0.1, -0.05) is 26.2 Å². The molecule has 0 aliphatic rings. The highest BCUT2D eigenvalue weighted by atomic mass is 16.5. The van der Waals surface area contributed by atoms with Crippen LogP contribution >= 0.6 is 0 Å². The predicted octanol–water partition coefficient (Wildman–Crippen LogP) is 2.84. The Bertz CT molecular complexity index is 854. The van der Waals surface area contributed by atoms with Gasteiger partial charge in [0.2, 0.25) is 5.91 Å². The van der Waals surface area contributed by atoms with E-state index in [1.54, 1.807) is 20.2 Å². The highest BCUT2D eigenvalue weighted by Gasteiger charge is 2.26. The van der Waals surface area contributed by atoms with E-state index in [0.717, 1.165) is 35.4 Å². The van der Waals surface area contributed by atoms with Gasteiger partial charge in [0.25, 0.3) is 5.91 Å². The second-order valence-corrected chi connectivity index (χ2v) is 8.22. The normalized spacial score (nSPS) is 13.1. The van der Waals surface area contributed by atoms with Crippen molar-refractivity contribution < 1.29 is 14.3 Å². The number of nitrogens with zero attached hydrogens (tertiary/aromatic N) is 2. The van der Waals surface area contributed by atoms with E-state index >= 15 is 0 Å².